The molecule has 5 heteroatoms. The van der Waals surface area contributed by atoms with E-state index in [0.29, 0.717) is 19.8 Å². The van der Waals surface area contributed by atoms with E-state index in [1.807, 2.05) is 60.7 Å². The summed E-state index contributed by atoms with van der Waals surface area (Å²) >= 11 is 0. The van der Waals surface area contributed by atoms with Gasteiger partial charge >= 0.3 is 0 Å². The Bertz CT molecular complexity index is 618. The Morgan fingerprint density at radius 1 is 0.920 bits per heavy atom. The molecule has 3 rings (SSSR count). The molecule has 1 fully saturated rings. The van der Waals surface area contributed by atoms with Crippen LogP contribution in [0.2, 0.25) is 0 Å². The average Bonchev–Trinajstić information content (AvgIpc) is 3.08. The molecule has 2 aromatic carbocycles. The van der Waals surface area contributed by atoms with Crippen molar-refractivity contribution in [3.8, 4) is 0 Å². The lowest BCUT2D eigenvalue weighted by Gasteiger charge is -2.26. The molecule has 0 amide bonds. The fraction of sp³-hybridized carbons (Fsp3) is 0.400. The molecule has 4 atom stereocenters. The highest BCUT2D eigenvalue weighted by molar-refractivity contribution is 5.14. The van der Waals surface area contributed by atoms with Crippen LogP contribution in [0.15, 0.2) is 60.7 Å². The van der Waals surface area contributed by atoms with Crippen LogP contribution in [0.25, 0.3) is 0 Å². The maximum absolute atomic E-state index is 10.0. The highest BCUT2D eigenvalue weighted by Gasteiger charge is 2.42. The summed E-state index contributed by atoms with van der Waals surface area (Å²) in [7, 11) is 0. The molecule has 0 saturated carbocycles. The van der Waals surface area contributed by atoms with Gasteiger partial charge in [0.25, 0.3) is 0 Å². The van der Waals surface area contributed by atoms with Crippen LogP contribution >= 0.6 is 0 Å². The number of ether oxygens (including phenoxy) is 3. The van der Waals surface area contributed by atoms with Crippen LogP contribution in [0.5, 0.6) is 0 Å². The van der Waals surface area contributed by atoms with Gasteiger partial charge in [-0.25, -0.2) is 0 Å². The minimum atomic E-state index is -0.994. The van der Waals surface area contributed by atoms with Gasteiger partial charge in [-0.05, 0) is 11.1 Å². The van der Waals surface area contributed by atoms with Gasteiger partial charge in [-0.2, -0.15) is 0 Å². The minimum Gasteiger partial charge on any atom is -0.394 e. The zero-order chi connectivity index (χ0) is 17.5. The molecule has 5 nitrogen and oxygen atoms in total. The van der Waals surface area contributed by atoms with E-state index < -0.39 is 18.3 Å². The molecule has 0 aromatic heterocycles. The molecule has 2 aromatic rings. The van der Waals surface area contributed by atoms with Crippen LogP contribution in [0.4, 0.5) is 0 Å². The van der Waals surface area contributed by atoms with Crippen molar-refractivity contribution in [1.82, 2.24) is 0 Å². The third-order valence-corrected chi connectivity index (χ3v) is 4.30. The molecule has 0 spiro atoms. The van der Waals surface area contributed by atoms with Gasteiger partial charge < -0.3 is 24.4 Å². The topological polar surface area (TPSA) is 68.2 Å². The second-order valence-electron chi connectivity index (χ2n) is 6.14. The molecule has 134 valence electrons. The highest BCUT2D eigenvalue weighted by Crippen LogP contribution is 2.25. The number of hydrogen-bond acceptors (Lipinski definition) is 5. The minimum absolute atomic E-state index is 0.296. The molecule has 1 heterocycles. The lowest BCUT2D eigenvalue weighted by molar-refractivity contribution is -0.107. The number of aliphatic hydroxyl groups is 2. The largest absolute Gasteiger partial charge is 0.394 e. The van der Waals surface area contributed by atoms with E-state index in [0.717, 1.165) is 11.1 Å². The molecule has 25 heavy (non-hydrogen) atoms. The van der Waals surface area contributed by atoms with Crippen molar-refractivity contribution in [3.05, 3.63) is 71.8 Å². The first kappa shape index (κ1) is 18.0. The molecule has 0 bridgehead atoms. The molecule has 0 radical (unpaired) electrons. The quantitative estimate of drug-likeness (QED) is 0.766. The molecular formula is C20H24O5. The van der Waals surface area contributed by atoms with Crippen LogP contribution in [0.1, 0.15) is 11.1 Å². The molecule has 2 N–H and O–H groups in total. The number of aliphatic hydroxyl groups excluding tert-OH is 2. The number of benzene rings is 2. The molecule has 0 aliphatic carbocycles. The third-order valence-electron chi connectivity index (χ3n) is 4.30. The normalized spacial score (nSPS) is 24.3. The zero-order valence-electron chi connectivity index (χ0n) is 14.0. The Morgan fingerprint density at radius 3 is 2.04 bits per heavy atom. The van der Waals surface area contributed by atoms with Crippen LogP contribution in [0, 0.1) is 0 Å². The summed E-state index contributed by atoms with van der Waals surface area (Å²) < 4.78 is 17.6. The average molecular weight is 344 g/mol. The summed E-state index contributed by atoms with van der Waals surface area (Å²) in [6, 6.07) is 19.7. The summed E-state index contributed by atoms with van der Waals surface area (Å²) in [6.45, 7) is 0.798. The van der Waals surface area contributed by atoms with Crippen LogP contribution < -0.4 is 0 Å². The summed E-state index contributed by atoms with van der Waals surface area (Å²) in [5.41, 5.74) is 2.10. The zero-order valence-corrected chi connectivity index (χ0v) is 14.0. The van der Waals surface area contributed by atoms with E-state index in [9.17, 15) is 10.2 Å². The van der Waals surface area contributed by atoms with Crippen molar-refractivity contribution >= 4 is 0 Å². The van der Waals surface area contributed by atoms with Gasteiger partial charge in [0.05, 0.1) is 26.4 Å². The summed E-state index contributed by atoms with van der Waals surface area (Å²) in [4.78, 5) is 0. The fourth-order valence-electron chi connectivity index (χ4n) is 2.93. The Hall–Kier alpha value is -1.76. The van der Waals surface area contributed by atoms with E-state index in [4.69, 9.17) is 14.2 Å². The summed E-state index contributed by atoms with van der Waals surface area (Å²) in [5.74, 6) is 0. The van der Waals surface area contributed by atoms with E-state index >= 15 is 0 Å². The van der Waals surface area contributed by atoms with Crippen LogP contribution in [0.3, 0.4) is 0 Å². The molecule has 1 aliphatic heterocycles. The van der Waals surface area contributed by atoms with Gasteiger partial charge in [-0.15, -0.1) is 0 Å². The maximum Gasteiger partial charge on any atom is 0.115 e. The monoisotopic (exact) mass is 344 g/mol. The van der Waals surface area contributed by atoms with Gasteiger partial charge in [-0.1, -0.05) is 60.7 Å². The van der Waals surface area contributed by atoms with E-state index in [2.05, 4.69) is 0 Å². The van der Waals surface area contributed by atoms with Crippen molar-refractivity contribution in [2.24, 2.45) is 0 Å². The second-order valence-corrected chi connectivity index (χ2v) is 6.14. The van der Waals surface area contributed by atoms with Crippen molar-refractivity contribution in [1.29, 1.82) is 0 Å². The fourth-order valence-corrected chi connectivity index (χ4v) is 2.93. The summed E-state index contributed by atoms with van der Waals surface area (Å²) in [5, 5.41) is 19.3. The Morgan fingerprint density at radius 2 is 1.48 bits per heavy atom. The third kappa shape index (κ3) is 4.87. The first-order valence-electron chi connectivity index (χ1n) is 8.49. The van der Waals surface area contributed by atoms with Crippen LogP contribution in [-0.4, -0.2) is 47.8 Å². The predicted octanol–water partition coefficient (Wildman–Crippen LogP) is 1.91. The first-order chi connectivity index (χ1) is 12.3. The van der Waals surface area contributed by atoms with E-state index in [1.165, 1.54) is 0 Å². The second kappa shape index (κ2) is 9.08. The Labute approximate surface area is 147 Å². The smallest absolute Gasteiger partial charge is 0.115 e. The van der Waals surface area contributed by atoms with E-state index in [1.54, 1.807) is 0 Å². The van der Waals surface area contributed by atoms with Crippen LogP contribution in [-0.2, 0) is 27.4 Å². The van der Waals surface area contributed by atoms with Gasteiger partial charge in [-0.3, -0.25) is 0 Å². The first-order valence-corrected chi connectivity index (χ1v) is 8.49. The molecule has 0 unspecified atom stereocenters. The van der Waals surface area contributed by atoms with Crippen molar-refractivity contribution in [2.45, 2.75) is 37.6 Å². The SMILES string of the molecule is OC[C@@H](O)[C@@H]1OC[C@H](OCc2ccccc2)[C@H]1OCc1ccccc1. The standard InChI is InChI=1S/C20H24O5/c21-11-17(22)19-20(24-13-16-9-5-2-6-10-16)18(14-25-19)23-12-15-7-3-1-4-8-15/h1-10,17-22H,11-14H2/t17-,18+,19+,20-/m1/s1. The Balaban J connectivity index is 1.63. The highest BCUT2D eigenvalue weighted by atomic mass is 16.6. The number of hydrogen-bond donors (Lipinski definition) is 2. The van der Waals surface area contributed by atoms with Crippen molar-refractivity contribution < 1.29 is 24.4 Å². The van der Waals surface area contributed by atoms with Gasteiger partial charge in [0.1, 0.15) is 24.4 Å². The van der Waals surface area contributed by atoms with Gasteiger partial charge in [0.15, 0.2) is 0 Å². The van der Waals surface area contributed by atoms with Gasteiger partial charge in [0, 0.05) is 0 Å². The molecule has 1 saturated heterocycles. The Kier molecular flexibility index (Phi) is 6.55. The van der Waals surface area contributed by atoms with Crippen molar-refractivity contribution in [2.75, 3.05) is 13.2 Å². The van der Waals surface area contributed by atoms with Crippen molar-refractivity contribution in [3.63, 3.8) is 0 Å². The maximum atomic E-state index is 10.0. The summed E-state index contributed by atoms with van der Waals surface area (Å²) in [6.07, 6.45) is -2.33. The molecule has 1 aliphatic rings. The lowest BCUT2D eigenvalue weighted by Crippen LogP contribution is -2.42. The number of rotatable bonds is 8. The lowest BCUT2D eigenvalue weighted by atomic mass is 10.1. The van der Waals surface area contributed by atoms with E-state index in [-0.39, 0.29) is 12.7 Å². The van der Waals surface area contributed by atoms with Gasteiger partial charge in [0.2, 0.25) is 0 Å². The molecular weight excluding hydrogens is 320 g/mol. The predicted molar refractivity (Wildman–Crippen MR) is 92.9 cm³/mol.